The minimum absolute atomic E-state index is 0.0158. The molecule has 0 aliphatic heterocycles. The molecule has 2 aromatic carbocycles. The van der Waals surface area contributed by atoms with Crippen LogP contribution in [0.25, 0.3) is 0 Å². The van der Waals surface area contributed by atoms with Crippen LogP contribution in [0.15, 0.2) is 42.5 Å². The SMILES string of the molecule is O=C(O)COc1cccc(CNC(=O)C2CC2c2ccc(Cl)c(Cl)c2)c1. The number of aliphatic carboxylic acids is 1. The molecule has 26 heavy (non-hydrogen) atoms. The molecule has 1 aliphatic carbocycles. The van der Waals surface area contributed by atoms with Crippen LogP contribution in [0.2, 0.25) is 10.0 Å². The maximum absolute atomic E-state index is 12.3. The molecule has 0 heterocycles. The molecule has 0 spiro atoms. The molecule has 2 N–H and O–H groups in total. The number of carbonyl (C=O) groups is 2. The molecule has 2 aromatic rings. The zero-order valence-corrected chi connectivity index (χ0v) is 15.3. The zero-order chi connectivity index (χ0) is 18.7. The summed E-state index contributed by atoms with van der Waals surface area (Å²) in [6.45, 7) is -0.0447. The number of carboxylic acids is 1. The van der Waals surface area contributed by atoms with E-state index in [-0.39, 0.29) is 17.7 Å². The van der Waals surface area contributed by atoms with Gasteiger partial charge in [-0.1, -0.05) is 41.4 Å². The molecule has 0 radical (unpaired) electrons. The summed E-state index contributed by atoms with van der Waals surface area (Å²) in [4.78, 5) is 22.9. The van der Waals surface area contributed by atoms with Gasteiger partial charge in [-0.05, 0) is 47.7 Å². The van der Waals surface area contributed by atoms with Crippen molar-refractivity contribution in [1.29, 1.82) is 0 Å². The van der Waals surface area contributed by atoms with Crippen LogP contribution in [0.4, 0.5) is 0 Å². The van der Waals surface area contributed by atoms with Crippen LogP contribution in [-0.4, -0.2) is 23.6 Å². The van der Waals surface area contributed by atoms with Crippen LogP contribution >= 0.6 is 23.2 Å². The van der Waals surface area contributed by atoms with Crippen molar-refractivity contribution < 1.29 is 19.4 Å². The third-order valence-corrected chi connectivity index (χ3v) is 4.97. The molecule has 0 saturated heterocycles. The molecular weight excluding hydrogens is 377 g/mol. The summed E-state index contributed by atoms with van der Waals surface area (Å²) in [5.41, 5.74) is 1.86. The first-order valence-electron chi connectivity index (χ1n) is 8.10. The standard InChI is InChI=1S/C19H17Cl2NO4/c20-16-5-4-12(7-17(16)21)14-8-15(14)19(25)22-9-11-2-1-3-13(6-11)26-10-18(23)24/h1-7,14-15H,8-10H2,(H,22,25)(H,23,24). The van der Waals surface area contributed by atoms with Gasteiger partial charge in [0.1, 0.15) is 5.75 Å². The van der Waals surface area contributed by atoms with Crippen LogP contribution in [-0.2, 0) is 16.1 Å². The first kappa shape index (κ1) is 18.5. The van der Waals surface area contributed by atoms with E-state index >= 15 is 0 Å². The zero-order valence-electron chi connectivity index (χ0n) is 13.7. The van der Waals surface area contributed by atoms with E-state index in [1.807, 2.05) is 18.2 Å². The number of halogens is 2. The monoisotopic (exact) mass is 393 g/mol. The van der Waals surface area contributed by atoms with Crippen LogP contribution < -0.4 is 10.1 Å². The molecule has 2 unspecified atom stereocenters. The number of rotatable bonds is 7. The quantitative estimate of drug-likeness (QED) is 0.748. The smallest absolute Gasteiger partial charge is 0.341 e. The van der Waals surface area contributed by atoms with Gasteiger partial charge in [0.2, 0.25) is 5.91 Å². The lowest BCUT2D eigenvalue weighted by Crippen LogP contribution is -2.24. The molecule has 136 valence electrons. The molecule has 1 amide bonds. The molecular formula is C19H17Cl2NO4. The second-order valence-electron chi connectivity index (χ2n) is 6.17. The first-order valence-corrected chi connectivity index (χ1v) is 8.86. The minimum atomic E-state index is -1.04. The predicted octanol–water partition coefficient (Wildman–Crippen LogP) is 3.88. The Bertz CT molecular complexity index is 840. The lowest BCUT2D eigenvalue weighted by molar-refractivity contribution is -0.139. The third kappa shape index (κ3) is 4.68. The Kier molecular flexibility index (Phi) is 5.69. The number of benzene rings is 2. The number of carboxylic acid groups (broad SMARTS) is 1. The van der Waals surface area contributed by atoms with Crippen molar-refractivity contribution in [2.45, 2.75) is 18.9 Å². The Morgan fingerprint density at radius 3 is 2.69 bits per heavy atom. The maximum atomic E-state index is 12.3. The molecule has 5 nitrogen and oxygen atoms in total. The van der Waals surface area contributed by atoms with Crippen molar-refractivity contribution in [3.8, 4) is 5.75 Å². The Balaban J connectivity index is 1.52. The van der Waals surface area contributed by atoms with Gasteiger partial charge in [-0.3, -0.25) is 4.79 Å². The lowest BCUT2D eigenvalue weighted by Gasteiger charge is -2.08. The summed E-state index contributed by atoms with van der Waals surface area (Å²) in [5.74, 6) is -0.503. The van der Waals surface area contributed by atoms with E-state index < -0.39 is 12.6 Å². The third-order valence-electron chi connectivity index (χ3n) is 4.23. The fraction of sp³-hybridized carbons (Fsp3) is 0.263. The number of hydrogen-bond acceptors (Lipinski definition) is 3. The van der Waals surface area contributed by atoms with Gasteiger partial charge in [0, 0.05) is 12.5 Å². The van der Waals surface area contributed by atoms with E-state index in [9.17, 15) is 9.59 Å². The highest BCUT2D eigenvalue weighted by Crippen LogP contribution is 2.48. The summed E-state index contributed by atoms with van der Waals surface area (Å²) >= 11 is 12.0. The number of amides is 1. The van der Waals surface area contributed by atoms with Crippen molar-refractivity contribution in [3.63, 3.8) is 0 Å². The van der Waals surface area contributed by atoms with Gasteiger partial charge in [0.15, 0.2) is 6.61 Å². The summed E-state index contributed by atoms with van der Waals surface area (Å²) in [5, 5.41) is 12.5. The lowest BCUT2D eigenvalue weighted by atomic mass is 10.1. The summed E-state index contributed by atoms with van der Waals surface area (Å²) in [7, 11) is 0. The van der Waals surface area contributed by atoms with Gasteiger partial charge in [0.25, 0.3) is 0 Å². The van der Waals surface area contributed by atoms with Crippen LogP contribution in [0.3, 0.4) is 0 Å². The second kappa shape index (κ2) is 7.98. The highest BCUT2D eigenvalue weighted by Gasteiger charge is 2.43. The van der Waals surface area contributed by atoms with E-state index in [1.165, 1.54) is 0 Å². The van der Waals surface area contributed by atoms with Gasteiger partial charge in [-0.2, -0.15) is 0 Å². The predicted molar refractivity (Wildman–Crippen MR) is 98.7 cm³/mol. The average Bonchev–Trinajstić information content (AvgIpc) is 3.41. The molecule has 1 saturated carbocycles. The molecule has 7 heteroatoms. The Labute approximate surface area is 160 Å². The van der Waals surface area contributed by atoms with Gasteiger partial charge in [-0.15, -0.1) is 0 Å². The molecule has 1 fully saturated rings. The fourth-order valence-electron chi connectivity index (χ4n) is 2.81. The fourth-order valence-corrected chi connectivity index (χ4v) is 3.11. The van der Waals surface area contributed by atoms with E-state index in [0.29, 0.717) is 22.3 Å². The topological polar surface area (TPSA) is 75.6 Å². The largest absolute Gasteiger partial charge is 0.482 e. The van der Waals surface area contributed by atoms with Crippen LogP contribution in [0, 0.1) is 5.92 Å². The number of hydrogen-bond donors (Lipinski definition) is 2. The van der Waals surface area contributed by atoms with Crippen molar-refractivity contribution >= 4 is 35.1 Å². The van der Waals surface area contributed by atoms with Gasteiger partial charge in [0.05, 0.1) is 10.0 Å². The summed E-state index contributed by atoms with van der Waals surface area (Å²) < 4.78 is 5.13. The van der Waals surface area contributed by atoms with E-state index in [2.05, 4.69) is 5.32 Å². The van der Waals surface area contributed by atoms with Crippen LogP contribution in [0.1, 0.15) is 23.5 Å². The van der Waals surface area contributed by atoms with Crippen LogP contribution in [0.5, 0.6) is 5.75 Å². The molecule has 0 aromatic heterocycles. The van der Waals surface area contributed by atoms with Crippen molar-refractivity contribution in [2.75, 3.05) is 6.61 Å². The molecule has 3 rings (SSSR count). The number of carbonyl (C=O) groups excluding carboxylic acids is 1. The molecule has 2 atom stereocenters. The summed E-state index contributed by atoms with van der Waals surface area (Å²) in [6, 6.07) is 12.4. The second-order valence-corrected chi connectivity index (χ2v) is 6.98. The van der Waals surface area contributed by atoms with Crippen molar-refractivity contribution in [1.82, 2.24) is 5.32 Å². The number of nitrogens with one attached hydrogen (secondary N) is 1. The van der Waals surface area contributed by atoms with Crippen molar-refractivity contribution in [3.05, 3.63) is 63.6 Å². The van der Waals surface area contributed by atoms with Gasteiger partial charge in [-0.25, -0.2) is 4.79 Å². The van der Waals surface area contributed by atoms with Crippen molar-refractivity contribution in [2.24, 2.45) is 5.92 Å². The van der Waals surface area contributed by atoms with Gasteiger partial charge >= 0.3 is 5.97 Å². The first-order chi connectivity index (χ1) is 12.4. The highest BCUT2D eigenvalue weighted by molar-refractivity contribution is 6.42. The van der Waals surface area contributed by atoms with E-state index in [4.69, 9.17) is 33.0 Å². The normalized spacial score (nSPS) is 18.2. The average molecular weight is 394 g/mol. The maximum Gasteiger partial charge on any atom is 0.341 e. The Morgan fingerprint density at radius 1 is 1.15 bits per heavy atom. The Hall–Kier alpha value is -2.24. The van der Waals surface area contributed by atoms with E-state index in [1.54, 1.807) is 24.3 Å². The van der Waals surface area contributed by atoms with Gasteiger partial charge < -0.3 is 15.2 Å². The molecule has 1 aliphatic rings. The highest BCUT2D eigenvalue weighted by atomic mass is 35.5. The van der Waals surface area contributed by atoms with E-state index in [0.717, 1.165) is 17.5 Å². The number of ether oxygens (including phenoxy) is 1. The Morgan fingerprint density at radius 2 is 1.96 bits per heavy atom. The summed E-state index contributed by atoms with van der Waals surface area (Å²) in [6.07, 6.45) is 0.783. The molecule has 0 bridgehead atoms. The minimum Gasteiger partial charge on any atom is -0.482 e.